The van der Waals surface area contributed by atoms with Gasteiger partial charge in [-0.2, -0.15) is 0 Å². The predicted octanol–water partition coefficient (Wildman–Crippen LogP) is 3.08. The second kappa shape index (κ2) is 6.48. The van der Waals surface area contributed by atoms with Crippen molar-refractivity contribution in [2.75, 3.05) is 20.2 Å². The maximum absolute atomic E-state index is 11.6. The first-order valence-electron chi connectivity index (χ1n) is 7.60. The SMILES string of the molecule is CCC1(C(=O)O)CCCN(Cc2ccc(OC)c(C)c2)C1. The number of hydrogen-bond acceptors (Lipinski definition) is 3. The Bertz CT molecular complexity index is 515. The lowest BCUT2D eigenvalue weighted by atomic mass is 9.77. The Morgan fingerprint density at radius 3 is 2.81 bits per heavy atom. The zero-order valence-electron chi connectivity index (χ0n) is 13.2. The molecule has 1 aliphatic heterocycles. The molecule has 1 unspecified atom stereocenters. The van der Waals surface area contributed by atoms with Crippen molar-refractivity contribution in [3.63, 3.8) is 0 Å². The van der Waals surface area contributed by atoms with Crippen LogP contribution in [0.4, 0.5) is 0 Å². The minimum absolute atomic E-state index is 0.570. The molecule has 1 aliphatic rings. The van der Waals surface area contributed by atoms with Gasteiger partial charge in [-0.05, 0) is 49.9 Å². The van der Waals surface area contributed by atoms with Gasteiger partial charge in [0.25, 0.3) is 0 Å². The number of hydrogen-bond donors (Lipinski definition) is 1. The number of carboxylic acid groups (broad SMARTS) is 1. The van der Waals surface area contributed by atoms with Gasteiger partial charge in [0.1, 0.15) is 5.75 Å². The second-order valence-corrected chi connectivity index (χ2v) is 6.06. The van der Waals surface area contributed by atoms with E-state index in [-0.39, 0.29) is 0 Å². The fourth-order valence-electron chi connectivity index (χ4n) is 3.27. The Kier molecular flexibility index (Phi) is 4.88. The van der Waals surface area contributed by atoms with Crippen LogP contribution in [-0.4, -0.2) is 36.2 Å². The van der Waals surface area contributed by atoms with Crippen LogP contribution in [0.3, 0.4) is 0 Å². The average Bonchev–Trinajstić information content (AvgIpc) is 2.47. The van der Waals surface area contributed by atoms with Gasteiger partial charge in [-0.1, -0.05) is 19.1 Å². The molecule has 1 heterocycles. The van der Waals surface area contributed by atoms with Crippen molar-refractivity contribution in [2.24, 2.45) is 5.41 Å². The summed E-state index contributed by atoms with van der Waals surface area (Å²) in [6.07, 6.45) is 2.44. The molecule has 0 bridgehead atoms. The second-order valence-electron chi connectivity index (χ2n) is 6.06. The van der Waals surface area contributed by atoms with Crippen LogP contribution < -0.4 is 4.74 Å². The zero-order valence-corrected chi connectivity index (χ0v) is 13.2. The van der Waals surface area contributed by atoms with E-state index in [2.05, 4.69) is 17.0 Å². The normalized spacial score (nSPS) is 23.0. The first-order valence-corrected chi connectivity index (χ1v) is 7.60. The third kappa shape index (κ3) is 3.38. The highest BCUT2D eigenvalue weighted by Gasteiger charge is 2.40. The number of piperidine rings is 1. The van der Waals surface area contributed by atoms with E-state index in [1.807, 2.05) is 19.9 Å². The van der Waals surface area contributed by atoms with E-state index in [4.69, 9.17) is 4.74 Å². The molecule has 21 heavy (non-hydrogen) atoms. The molecule has 4 nitrogen and oxygen atoms in total. The number of aliphatic carboxylic acids is 1. The van der Waals surface area contributed by atoms with E-state index in [1.54, 1.807) is 7.11 Å². The molecule has 1 aromatic rings. The van der Waals surface area contributed by atoms with E-state index in [0.717, 1.165) is 37.2 Å². The van der Waals surface area contributed by atoms with E-state index >= 15 is 0 Å². The summed E-state index contributed by atoms with van der Waals surface area (Å²) in [5.74, 6) is 0.242. The largest absolute Gasteiger partial charge is 0.496 e. The smallest absolute Gasteiger partial charge is 0.310 e. The van der Waals surface area contributed by atoms with Crippen molar-refractivity contribution in [1.82, 2.24) is 4.90 Å². The first-order chi connectivity index (χ1) is 10.0. The molecule has 1 fully saturated rings. The summed E-state index contributed by atoms with van der Waals surface area (Å²) in [5, 5.41) is 9.54. The highest BCUT2D eigenvalue weighted by atomic mass is 16.5. The topological polar surface area (TPSA) is 49.8 Å². The molecule has 1 N–H and O–H groups in total. The summed E-state index contributed by atoms with van der Waals surface area (Å²) < 4.78 is 5.28. The Morgan fingerprint density at radius 1 is 1.48 bits per heavy atom. The van der Waals surface area contributed by atoms with Gasteiger partial charge in [-0.3, -0.25) is 9.69 Å². The lowest BCUT2D eigenvalue weighted by Crippen LogP contribution is -2.47. The first kappa shape index (κ1) is 15.8. The predicted molar refractivity (Wildman–Crippen MR) is 82.6 cm³/mol. The number of benzene rings is 1. The molecule has 0 radical (unpaired) electrons. The van der Waals surface area contributed by atoms with Crippen LogP contribution in [-0.2, 0) is 11.3 Å². The molecule has 0 saturated carbocycles. The fraction of sp³-hybridized carbons (Fsp3) is 0.588. The van der Waals surface area contributed by atoms with Crippen LogP contribution in [0.2, 0.25) is 0 Å². The lowest BCUT2D eigenvalue weighted by Gasteiger charge is -2.39. The van der Waals surface area contributed by atoms with Crippen LogP contribution >= 0.6 is 0 Å². The van der Waals surface area contributed by atoms with Gasteiger partial charge >= 0.3 is 5.97 Å². The molecule has 4 heteroatoms. The number of methoxy groups -OCH3 is 1. The Hall–Kier alpha value is -1.55. The van der Waals surface area contributed by atoms with Crippen molar-refractivity contribution >= 4 is 5.97 Å². The van der Waals surface area contributed by atoms with E-state index in [0.29, 0.717) is 13.0 Å². The molecule has 0 spiro atoms. The minimum Gasteiger partial charge on any atom is -0.496 e. The van der Waals surface area contributed by atoms with Gasteiger partial charge in [0.15, 0.2) is 0 Å². The number of carbonyl (C=O) groups is 1. The lowest BCUT2D eigenvalue weighted by molar-refractivity contribution is -0.153. The fourth-order valence-corrected chi connectivity index (χ4v) is 3.27. The van der Waals surface area contributed by atoms with Crippen LogP contribution in [0.1, 0.15) is 37.3 Å². The maximum atomic E-state index is 11.6. The molecule has 0 aromatic heterocycles. The number of nitrogens with zero attached hydrogens (tertiary/aromatic N) is 1. The van der Waals surface area contributed by atoms with Crippen LogP contribution in [0.5, 0.6) is 5.75 Å². The molecular weight excluding hydrogens is 266 g/mol. The molecule has 1 atom stereocenters. The molecule has 1 saturated heterocycles. The molecule has 2 rings (SSSR count). The van der Waals surface area contributed by atoms with Gasteiger partial charge in [0, 0.05) is 13.1 Å². The van der Waals surface area contributed by atoms with Crippen molar-refractivity contribution in [3.8, 4) is 5.75 Å². The summed E-state index contributed by atoms with van der Waals surface area (Å²) in [4.78, 5) is 13.9. The summed E-state index contributed by atoms with van der Waals surface area (Å²) in [7, 11) is 1.68. The highest BCUT2D eigenvalue weighted by Crippen LogP contribution is 2.34. The molecule has 0 aliphatic carbocycles. The van der Waals surface area contributed by atoms with E-state index < -0.39 is 11.4 Å². The van der Waals surface area contributed by atoms with Crippen LogP contribution in [0.15, 0.2) is 18.2 Å². The number of carboxylic acids is 1. The summed E-state index contributed by atoms with van der Waals surface area (Å²) in [6, 6.07) is 6.18. The number of aryl methyl sites for hydroxylation is 1. The molecular formula is C17H25NO3. The average molecular weight is 291 g/mol. The maximum Gasteiger partial charge on any atom is 0.310 e. The summed E-state index contributed by atoms with van der Waals surface area (Å²) >= 11 is 0. The monoisotopic (exact) mass is 291 g/mol. The quantitative estimate of drug-likeness (QED) is 0.905. The standard InChI is InChI=1S/C17H25NO3/c1-4-17(16(19)20)8-5-9-18(12-17)11-14-6-7-15(21-3)13(2)10-14/h6-7,10H,4-5,8-9,11-12H2,1-3H3,(H,19,20). The van der Waals surface area contributed by atoms with Crippen LogP contribution in [0, 0.1) is 12.3 Å². The summed E-state index contributed by atoms with van der Waals surface area (Å²) in [6.45, 7) is 6.44. The number of likely N-dealkylation sites (tertiary alicyclic amines) is 1. The van der Waals surface area contributed by atoms with Gasteiger partial charge in [-0.25, -0.2) is 0 Å². The van der Waals surface area contributed by atoms with Crippen molar-refractivity contribution in [1.29, 1.82) is 0 Å². The van der Waals surface area contributed by atoms with Gasteiger partial charge in [0.05, 0.1) is 12.5 Å². The number of rotatable bonds is 5. The highest BCUT2D eigenvalue weighted by molar-refractivity contribution is 5.75. The van der Waals surface area contributed by atoms with Gasteiger partial charge < -0.3 is 9.84 Å². The van der Waals surface area contributed by atoms with E-state index in [1.165, 1.54) is 5.56 Å². The zero-order chi connectivity index (χ0) is 15.5. The summed E-state index contributed by atoms with van der Waals surface area (Å²) in [5.41, 5.74) is 1.76. The third-order valence-electron chi connectivity index (χ3n) is 4.65. The van der Waals surface area contributed by atoms with Crippen molar-refractivity contribution in [3.05, 3.63) is 29.3 Å². The van der Waals surface area contributed by atoms with Crippen molar-refractivity contribution < 1.29 is 14.6 Å². The van der Waals surface area contributed by atoms with Gasteiger partial charge in [-0.15, -0.1) is 0 Å². The van der Waals surface area contributed by atoms with E-state index in [9.17, 15) is 9.90 Å². The minimum atomic E-state index is -0.652. The third-order valence-corrected chi connectivity index (χ3v) is 4.65. The number of ether oxygens (including phenoxy) is 1. The van der Waals surface area contributed by atoms with Crippen LogP contribution in [0.25, 0.3) is 0 Å². The van der Waals surface area contributed by atoms with Crippen molar-refractivity contribution in [2.45, 2.75) is 39.7 Å². The Balaban J connectivity index is 2.09. The molecule has 1 aromatic carbocycles. The van der Waals surface area contributed by atoms with Gasteiger partial charge in [0.2, 0.25) is 0 Å². The molecule has 116 valence electrons. The Morgan fingerprint density at radius 2 is 2.24 bits per heavy atom. The molecule has 0 amide bonds. The Labute approximate surface area is 126 Å².